The van der Waals surface area contributed by atoms with Gasteiger partial charge in [-0.05, 0) is 12.1 Å². The van der Waals surface area contributed by atoms with Gasteiger partial charge in [0.25, 0.3) is 0 Å². The van der Waals surface area contributed by atoms with E-state index in [2.05, 4.69) is 15.3 Å². The molecule has 0 fully saturated rings. The second kappa shape index (κ2) is 5.12. The summed E-state index contributed by atoms with van der Waals surface area (Å²) in [7, 11) is 0. The number of oxazole rings is 1. The van der Waals surface area contributed by atoms with E-state index in [0.29, 0.717) is 23.8 Å². The Morgan fingerprint density at radius 2 is 2.24 bits per heavy atom. The van der Waals surface area contributed by atoms with Gasteiger partial charge in [0.15, 0.2) is 0 Å². The highest BCUT2D eigenvalue weighted by atomic mass is 16.4. The number of rotatable bonds is 4. The average molecular weight is 228 g/mol. The molecule has 0 atom stereocenters. The van der Waals surface area contributed by atoms with E-state index in [1.807, 2.05) is 13.0 Å². The number of nitrogens with zero attached hydrogens (tertiary/aromatic N) is 3. The minimum Gasteiger partial charge on any atom is -0.444 e. The number of nitrogens with one attached hydrogen (secondary N) is 1. The van der Waals surface area contributed by atoms with Crippen LogP contribution in [0.15, 0.2) is 28.9 Å². The summed E-state index contributed by atoms with van der Waals surface area (Å²) in [5, 5.41) is 11.7. The number of hydrogen-bond donors (Lipinski definition) is 1. The summed E-state index contributed by atoms with van der Waals surface area (Å²) >= 11 is 0. The molecule has 0 unspecified atom stereocenters. The van der Waals surface area contributed by atoms with Gasteiger partial charge in [0.05, 0.1) is 18.3 Å². The Labute approximate surface area is 99.1 Å². The zero-order chi connectivity index (χ0) is 12.1. The maximum absolute atomic E-state index is 8.63. The van der Waals surface area contributed by atoms with E-state index < -0.39 is 0 Å². The summed E-state index contributed by atoms with van der Waals surface area (Å²) in [6.45, 7) is 2.50. The molecule has 0 radical (unpaired) electrons. The van der Waals surface area contributed by atoms with Crippen LogP contribution in [0, 0.1) is 11.3 Å². The smallest absolute Gasteiger partial charge is 0.213 e. The van der Waals surface area contributed by atoms with Crippen LogP contribution in [0.2, 0.25) is 0 Å². The third-order valence-electron chi connectivity index (χ3n) is 2.26. The quantitative estimate of drug-likeness (QED) is 0.867. The van der Waals surface area contributed by atoms with Crippen molar-refractivity contribution in [1.29, 1.82) is 5.26 Å². The van der Waals surface area contributed by atoms with E-state index in [4.69, 9.17) is 9.68 Å². The van der Waals surface area contributed by atoms with Crippen molar-refractivity contribution in [2.75, 3.05) is 5.32 Å². The Kier molecular flexibility index (Phi) is 3.36. The van der Waals surface area contributed by atoms with Crippen LogP contribution in [0.3, 0.4) is 0 Å². The predicted octanol–water partition coefficient (Wildman–Crippen LogP) is 2.12. The van der Waals surface area contributed by atoms with Crippen LogP contribution in [-0.4, -0.2) is 9.97 Å². The molecule has 0 aliphatic carbocycles. The molecule has 2 rings (SSSR count). The van der Waals surface area contributed by atoms with Crippen LogP contribution >= 0.6 is 0 Å². The lowest BCUT2D eigenvalue weighted by Crippen LogP contribution is -2.01. The molecule has 0 bridgehead atoms. The molecule has 5 nitrogen and oxygen atoms in total. The first-order valence-electron chi connectivity index (χ1n) is 5.35. The van der Waals surface area contributed by atoms with Crippen LogP contribution in [0.4, 0.5) is 5.82 Å². The molecule has 17 heavy (non-hydrogen) atoms. The molecule has 0 amide bonds. The summed E-state index contributed by atoms with van der Waals surface area (Å²) in [4.78, 5) is 8.22. The standard InChI is InChI=1S/C12H12N4O/c1-2-10-7-16-12(17-10)8-15-11-4-3-9(5-13)6-14-11/h3-4,6-7H,2,8H2,1H3,(H,14,15). The summed E-state index contributed by atoms with van der Waals surface area (Å²) < 4.78 is 5.45. The van der Waals surface area contributed by atoms with E-state index >= 15 is 0 Å². The molecule has 0 aliphatic heterocycles. The van der Waals surface area contributed by atoms with Crippen molar-refractivity contribution in [1.82, 2.24) is 9.97 Å². The van der Waals surface area contributed by atoms with E-state index in [1.165, 1.54) is 6.20 Å². The first kappa shape index (κ1) is 11.1. The Morgan fingerprint density at radius 3 is 2.82 bits per heavy atom. The summed E-state index contributed by atoms with van der Waals surface area (Å²) in [6.07, 6.45) is 4.08. The number of aryl methyl sites for hydroxylation is 1. The maximum atomic E-state index is 8.63. The van der Waals surface area contributed by atoms with E-state index in [0.717, 1.165) is 12.2 Å². The fourth-order valence-corrected chi connectivity index (χ4v) is 1.32. The minimum atomic E-state index is 0.485. The zero-order valence-corrected chi connectivity index (χ0v) is 9.47. The van der Waals surface area contributed by atoms with Crippen molar-refractivity contribution < 1.29 is 4.42 Å². The molecule has 1 N–H and O–H groups in total. The van der Waals surface area contributed by atoms with Gasteiger partial charge >= 0.3 is 0 Å². The van der Waals surface area contributed by atoms with Crippen molar-refractivity contribution >= 4 is 5.82 Å². The van der Waals surface area contributed by atoms with Gasteiger partial charge < -0.3 is 9.73 Å². The Bertz CT molecular complexity index is 524. The monoisotopic (exact) mass is 228 g/mol. The molecular weight excluding hydrogens is 216 g/mol. The Morgan fingerprint density at radius 1 is 1.35 bits per heavy atom. The minimum absolute atomic E-state index is 0.485. The second-order valence-electron chi connectivity index (χ2n) is 3.47. The Balaban J connectivity index is 1.95. The normalized spacial score (nSPS) is 9.88. The first-order chi connectivity index (χ1) is 8.31. The number of pyridine rings is 1. The van der Waals surface area contributed by atoms with Crippen molar-refractivity contribution in [3.63, 3.8) is 0 Å². The highest BCUT2D eigenvalue weighted by Gasteiger charge is 2.02. The lowest BCUT2D eigenvalue weighted by molar-refractivity contribution is 0.465. The van der Waals surface area contributed by atoms with Crippen LogP contribution in [0.5, 0.6) is 0 Å². The highest BCUT2D eigenvalue weighted by molar-refractivity contribution is 5.38. The van der Waals surface area contributed by atoms with Gasteiger partial charge in [0.2, 0.25) is 5.89 Å². The van der Waals surface area contributed by atoms with Crippen molar-refractivity contribution in [3.05, 3.63) is 41.7 Å². The second-order valence-corrected chi connectivity index (χ2v) is 3.47. The topological polar surface area (TPSA) is 74.7 Å². The molecule has 0 saturated heterocycles. The van der Waals surface area contributed by atoms with Crippen molar-refractivity contribution in [2.45, 2.75) is 19.9 Å². The number of aromatic nitrogens is 2. The van der Waals surface area contributed by atoms with Gasteiger partial charge in [-0.25, -0.2) is 9.97 Å². The third-order valence-corrected chi connectivity index (χ3v) is 2.26. The van der Waals surface area contributed by atoms with Gasteiger partial charge in [-0.15, -0.1) is 0 Å². The number of hydrogen-bond acceptors (Lipinski definition) is 5. The van der Waals surface area contributed by atoms with Gasteiger partial charge in [0, 0.05) is 12.6 Å². The predicted molar refractivity (Wildman–Crippen MR) is 62.2 cm³/mol. The molecule has 0 aromatic carbocycles. The molecule has 0 saturated carbocycles. The molecule has 5 heteroatoms. The lowest BCUT2D eigenvalue weighted by atomic mass is 10.3. The van der Waals surface area contributed by atoms with Crippen molar-refractivity contribution in [3.8, 4) is 6.07 Å². The molecule has 0 aliphatic rings. The lowest BCUT2D eigenvalue weighted by Gasteiger charge is -2.01. The highest BCUT2D eigenvalue weighted by Crippen LogP contribution is 2.08. The molecule has 86 valence electrons. The number of nitriles is 1. The van der Waals surface area contributed by atoms with Gasteiger partial charge in [-0.2, -0.15) is 5.26 Å². The van der Waals surface area contributed by atoms with Crippen LogP contribution in [0.1, 0.15) is 24.1 Å². The molecule has 2 heterocycles. The molecular formula is C12H12N4O. The van der Waals surface area contributed by atoms with Crippen molar-refractivity contribution in [2.24, 2.45) is 0 Å². The summed E-state index contributed by atoms with van der Waals surface area (Å²) in [6, 6.07) is 5.48. The van der Waals surface area contributed by atoms with Crippen LogP contribution in [0.25, 0.3) is 0 Å². The van der Waals surface area contributed by atoms with E-state index in [9.17, 15) is 0 Å². The van der Waals surface area contributed by atoms with Gasteiger partial charge in [-0.1, -0.05) is 6.92 Å². The zero-order valence-electron chi connectivity index (χ0n) is 9.47. The summed E-state index contributed by atoms with van der Waals surface area (Å²) in [5.41, 5.74) is 0.542. The van der Waals surface area contributed by atoms with E-state index in [-0.39, 0.29) is 0 Å². The molecule has 2 aromatic heterocycles. The average Bonchev–Trinajstić information content (AvgIpc) is 2.85. The number of anilines is 1. The molecule has 0 spiro atoms. The fourth-order valence-electron chi connectivity index (χ4n) is 1.32. The van der Waals surface area contributed by atoms with Crippen LogP contribution in [-0.2, 0) is 13.0 Å². The maximum Gasteiger partial charge on any atom is 0.213 e. The van der Waals surface area contributed by atoms with Gasteiger partial charge in [-0.3, -0.25) is 0 Å². The third kappa shape index (κ3) is 2.82. The van der Waals surface area contributed by atoms with Gasteiger partial charge in [0.1, 0.15) is 17.6 Å². The van der Waals surface area contributed by atoms with E-state index in [1.54, 1.807) is 18.3 Å². The SMILES string of the molecule is CCc1cnc(CNc2ccc(C#N)cn2)o1. The molecule has 2 aromatic rings. The van der Waals surface area contributed by atoms with Crippen LogP contribution < -0.4 is 5.32 Å². The first-order valence-corrected chi connectivity index (χ1v) is 5.35. The Hall–Kier alpha value is -2.35. The summed E-state index contributed by atoms with van der Waals surface area (Å²) in [5.74, 6) is 2.20. The fraction of sp³-hybridized carbons (Fsp3) is 0.250. The largest absolute Gasteiger partial charge is 0.444 e.